The van der Waals surface area contributed by atoms with Crippen LogP contribution >= 0.6 is 11.6 Å². The van der Waals surface area contributed by atoms with Crippen LogP contribution in [0.1, 0.15) is 5.56 Å². The van der Waals surface area contributed by atoms with E-state index in [0.717, 1.165) is 5.56 Å². The topological polar surface area (TPSA) is 64.3 Å². The molecular weight excluding hydrogens is 276 g/mol. The minimum absolute atomic E-state index is 0.113. The van der Waals surface area contributed by atoms with E-state index < -0.39 is 0 Å². The lowest BCUT2D eigenvalue weighted by Crippen LogP contribution is -2.20. The fraction of sp³-hybridized carbons (Fsp3) is 0.133. The Hall–Kier alpha value is -2.20. The Balaban J connectivity index is 1.96. The fourth-order valence-electron chi connectivity index (χ4n) is 1.67. The van der Waals surface area contributed by atoms with Crippen LogP contribution in [0.5, 0.6) is 5.75 Å². The molecule has 2 aromatic carbocycles. The van der Waals surface area contributed by atoms with Crippen LogP contribution in [-0.4, -0.2) is 12.5 Å². The van der Waals surface area contributed by atoms with Crippen LogP contribution in [0.25, 0.3) is 0 Å². The molecule has 0 radical (unpaired) electrons. The van der Waals surface area contributed by atoms with Gasteiger partial charge in [0.15, 0.2) is 6.61 Å². The van der Waals surface area contributed by atoms with Gasteiger partial charge in [-0.25, -0.2) is 0 Å². The summed E-state index contributed by atoms with van der Waals surface area (Å²) in [4.78, 5) is 11.8. The van der Waals surface area contributed by atoms with Gasteiger partial charge in [0.1, 0.15) is 5.75 Å². The third kappa shape index (κ3) is 3.65. The molecule has 104 valence electrons. The van der Waals surface area contributed by atoms with Crippen molar-refractivity contribution in [3.63, 3.8) is 0 Å². The number of hydrogen-bond acceptors (Lipinski definition) is 3. The predicted molar refractivity (Wildman–Crippen MR) is 81.2 cm³/mol. The first-order valence-corrected chi connectivity index (χ1v) is 6.47. The molecule has 0 bridgehead atoms. The highest BCUT2D eigenvalue weighted by Crippen LogP contribution is 2.23. The van der Waals surface area contributed by atoms with Crippen LogP contribution < -0.4 is 15.8 Å². The Bertz CT molecular complexity index is 629. The van der Waals surface area contributed by atoms with Gasteiger partial charge < -0.3 is 15.8 Å². The number of benzene rings is 2. The van der Waals surface area contributed by atoms with Gasteiger partial charge in [-0.15, -0.1) is 0 Å². The number of amides is 1. The molecule has 0 fully saturated rings. The first-order valence-electron chi connectivity index (χ1n) is 6.09. The molecule has 0 saturated carbocycles. The van der Waals surface area contributed by atoms with E-state index in [1.807, 2.05) is 13.0 Å². The maximum Gasteiger partial charge on any atom is 0.262 e. The highest BCUT2D eigenvalue weighted by atomic mass is 35.5. The Morgan fingerprint density at radius 1 is 1.30 bits per heavy atom. The van der Waals surface area contributed by atoms with Crippen molar-refractivity contribution in [3.8, 4) is 5.75 Å². The second-order valence-electron chi connectivity index (χ2n) is 4.34. The smallest absolute Gasteiger partial charge is 0.262 e. The maximum atomic E-state index is 11.8. The summed E-state index contributed by atoms with van der Waals surface area (Å²) in [6.45, 7) is 1.78. The average Bonchev–Trinajstić information content (AvgIpc) is 2.42. The van der Waals surface area contributed by atoms with E-state index in [2.05, 4.69) is 5.32 Å². The number of para-hydroxylation sites is 1. The van der Waals surface area contributed by atoms with E-state index in [1.165, 1.54) is 0 Å². The Morgan fingerprint density at radius 3 is 2.80 bits per heavy atom. The molecule has 0 aliphatic carbocycles. The second kappa shape index (κ2) is 6.30. The number of nitrogens with two attached hydrogens (primary N) is 1. The lowest BCUT2D eigenvalue weighted by molar-refractivity contribution is -0.118. The van der Waals surface area contributed by atoms with E-state index in [9.17, 15) is 4.79 Å². The zero-order chi connectivity index (χ0) is 14.5. The zero-order valence-corrected chi connectivity index (χ0v) is 11.8. The number of carbonyl (C=O) groups excluding carboxylic acids is 1. The number of aryl methyl sites for hydroxylation is 1. The molecule has 0 heterocycles. The molecule has 1 amide bonds. The van der Waals surface area contributed by atoms with Crippen molar-refractivity contribution in [2.45, 2.75) is 6.92 Å². The quantitative estimate of drug-likeness (QED) is 0.850. The normalized spacial score (nSPS) is 10.1. The van der Waals surface area contributed by atoms with Gasteiger partial charge in [0.2, 0.25) is 0 Å². The lowest BCUT2D eigenvalue weighted by Gasteiger charge is -2.10. The van der Waals surface area contributed by atoms with Gasteiger partial charge >= 0.3 is 0 Å². The van der Waals surface area contributed by atoms with Crippen LogP contribution in [0.2, 0.25) is 5.02 Å². The molecule has 0 unspecified atom stereocenters. The number of anilines is 2. The van der Waals surface area contributed by atoms with E-state index in [-0.39, 0.29) is 12.5 Å². The first kappa shape index (κ1) is 14.2. The summed E-state index contributed by atoms with van der Waals surface area (Å²) in [5, 5.41) is 3.23. The third-order valence-electron chi connectivity index (χ3n) is 2.73. The predicted octanol–water partition coefficient (Wildman–Crippen LogP) is 3.25. The average molecular weight is 291 g/mol. The number of nitrogens with one attached hydrogen (secondary N) is 1. The number of halogens is 1. The van der Waals surface area contributed by atoms with E-state index in [1.54, 1.807) is 36.4 Å². The minimum atomic E-state index is -0.265. The Labute approximate surface area is 122 Å². The highest BCUT2D eigenvalue weighted by Gasteiger charge is 2.07. The van der Waals surface area contributed by atoms with Crippen molar-refractivity contribution in [1.29, 1.82) is 0 Å². The number of carbonyl (C=O) groups is 1. The minimum Gasteiger partial charge on any atom is -0.482 e. The van der Waals surface area contributed by atoms with E-state index in [4.69, 9.17) is 22.1 Å². The second-order valence-corrected chi connectivity index (χ2v) is 4.75. The molecule has 4 nitrogen and oxygen atoms in total. The maximum absolute atomic E-state index is 11.8. The van der Waals surface area contributed by atoms with Crippen LogP contribution in [0.3, 0.4) is 0 Å². The van der Waals surface area contributed by atoms with Crippen molar-refractivity contribution in [3.05, 3.63) is 53.1 Å². The molecule has 0 atom stereocenters. The van der Waals surface area contributed by atoms with Gasteiger partial charge in [0.25, 0.3) is 5.91 Å². The lowest BCUT2D eigenvalue weighted by atomic mass is 10.2. The van der Waals surface area contributed by atoms with Gasteiger partial charge in [0.05, 0.1) is 5.02 Å². The number of rotatable bonds is 4. The monoisotopic (exact) mass is 290 g/mol. The van der Waals surface area contributed by atoms with Gasteiger partial charge in [0, 0.05) is 11.4 Å². The largest absolute Gasteiger partial charge is 0.482 e. The summed E-state index contributed by atoms with van der Waals surface area (Å²) in [5.41, 5.74) is 7.90. The first-order chi connectivity index (χ1) is 9.56. The van der Waals surface area contributed by atoms with Crippen LogP contribution in [0.15, 0.2) is 42.5 Å². The molecule has 3 N–H and O–H groups in total. The van der Waals surface area contributed by atoms with Gasteiger partial charge in [-0.1, -0.05) is 29.8 Å². The van der Waals surface area contributed by atoms with Crippen LogP contribution in [0, 0.1) is 6.92 Å². The molecule has 5 heteroatoms. The van der Waals surface area contributed by atoms with Crippen molar-refractivity contribution >= 4 is 28.9 Å². The summed E-state index contributed by atoms with van der Waals surface area (Å²) >= 11 is 5.94. The van der Waals surface area contributed by atoms with E-state index in [0.29, 0.717) is 22.1 Å². The van der Waals surface area contributed by atoms with Gasteiger partial charge in [-0.3, -0.25) is 4.79 Å². The molecule has 2 aromatic rings. The van der Waals surface area contributed by atoms with Crippen molar-refractivity contribution in [2.24, 2.45) is 0 Å². The van der Waals surface area contributed by atoms with Gasteiger partial charge in [-0.2, -0.15) is 0 Å². The van der Waals surface area contributed by atoms with Crippen LogP contribution in [-0.2, 0) is 4.79 Å². The third-order valence-corrected chi connectivity index (χ3v) is 3.04. The standard InChI is InChI=1S/C15H15ClN2O2/c1-10-6-7-11(17)8-13(10)18-15(19)9-20-14-5-3-2-4-12(14)16/h2-8H,9,17H2,1H3,(H,18,19). The number of ether oxygens (including phenoxy) is 1. The molecule has 0 aromatic heterocycles. The highest BCUT2D eigenvalue weighted by molar-refractivity contribution is 6.32. The summed E-state index contributed by atoms with van der Waals surface area (Å²) in [6, 6.07) is 12.3. The van der Waals surface area contributed by atoms with Gasteiger partial charge in [-0.05, 0) is 36.8 Å². The summed E-state index contributed by atoms with van der Waals surface area (Å²) in [7, 11) is 0. The number of nitrogen functional groups attached to an aromatic ring is 1. The number of hydrogen-bond donors (Lipinski definition) is 2. The fourth-order valence-corrected chi connectivity index (χ4v) is 1.86. The zero-order valence-electron chi connectivity index (χ0n) is 11.0. The Kier molecular flexibility index (Phi) is 4.48. The SMILES string of the molecule is Cc1ccc(N)cc1NC(=O)COc1ccccc1Cl. The molecule has 0 aliphatic heterocycles. The van der Waals surface area contributed by atoms with Crippen LogP contribution in [0.4, 0.5) is 11.4 Å². The molecular formula is C15H15ClN2O2. The summed E-state index contributed by atoms with van der Waals surface area (Å²) < 4.78 is 5.37. The summed E-state index contributed by atoms with van der Waals surface area (Å²) in [5.74, 6) is 0.215. The Morgan fingerprint density at radius 2 is 2.05 bits per heavy atom. The van der Waals surface area contributed by atoms with Crippen molar-refractivity contribution < 1.29 is 9.53 Å². The summed E-state index contributed by atoms with van der Waals surface area (Å²) in [6.07, 6.45) is 0. The van der Waals surface area contributed by atoms with Crippen molar-refractivity contribution in [2.75, 3.05) is 17.7 Å². The molecule has 0 saturated heterocycles. The molecule has 0 spiro atoms. The molecule has 0 aliphatic rings. The van der Waals surface area contributed by atoms with E-state index >= 15 is 0 Å². The van der Waals surface area contributed by atoms with Crippen molar-refractivity contribution in [1.82, 2.24) is 0 Å². The molecule has 20 heavy (non-hydrogen) atoms. The molecule has 2 rings (SSSR count).